The molecule has 0 aliphatic rings. The van der Waals surface area contributed by atoms with Crippen LogP contribution in [0.15, 0.2) is 18.5 Å². The van der Waals surface area contributed by atoms with Crippen molar-refractivity contribution in [3.05, 3.63) is 29.6 Å². The minimum absolute atomic E-state index is 0.341. The van der Waals surface area contributed by atoms with Gasteiger partial charge in [0.25, 0.3) is 0 Å². The van der Waals surface area contributed by atoms with Gasteiger partial charge in [-0.1, -0.05) is 6.92 Å². The van der Waals surface area contributed by atoms with Crippen LogP contribution < -0.4 is 0 Å². The summed E-state index contributed by atoms with van der Waals surface area (Å²) in [5.74, 6) is -0.709. The average Bonchev–Trinajstić information content (AvgIpc) is 2.28. The monoisotopic (exact) mass is 247 g/mol. The largest absolute Gasteiger partial charge is 0.417 e. The Morgan fingerprint density at radius 3 is 2.76 bits per heavy atom. The molecular weight excluding hydrogens is 235 g/mol. The zero-order valence-electron chi connectivity index (χ0n) is 9.25. The third-order valence-corrected chi connectivity index (χ3v) is 2.01. The normalized spacial score (nSPS) is 11.5. The third-order valence-electron chi connectivity index (χ3n) is 2.01. The molecule has 0 aromatic carbocycles. The van der Waals surface area contributed by atoms with E-state index in [9.17, 15) is 18.0 Å². The van der Waals surface area contributed by atoms with E-state index in [4.69, 9.17) is 4.74 Å². The van der Waals surface area contributed by atoms with Crippen LogP contribution >= 0.6 is 0 Å². The number of ketones is 1. The lowest BCUT2D eigenvalue weighted by molar-refractivity contribution is -0.138. The first-order chi connectivity index (χ1) is 7.96. The second-order valence-electron chi connectivity index (χ2n) is 3.39. The van der Waals surface area contributed by atoms with E-state index in [1.807, 2.05) is 6.92 Å². The highest BCUT2D eigenvalue weighted by atomic mass is 19.4. The molecule has 0 aliphatic carbocycles. The van der Waals surface area contributed by atoms with E-state index in [1.165, 1.54) is 0 Å². The van der Waals surface area contributed by atoms with E-state index >= 15 is 0 Å². The molecule has 0 unspecified atom stereocenters. The Balaban J connectivity index is 2.86. The SMILES string of the molecule is CCCOCC(=O)c1cnccc1C(F)(F)F. The fourth-order valence-electron chi connectivity index (χ4n) is 1.25. The first-order valence-electron chi connectivity index (χ1n) is 5.09. The maximum Gasteiger partial charge on any atom is 0.417 e. The van der Waals surface area contributed by atoms with Crippen LogP contribution in [0.4, 0.5) is 13.2 Å². The summed E-state index contributed by atoms with van der Waals surface area (Å²) in [4.78, 5) is 15.1. The molecule has 6 heteroatoms. The van der Waals surface area contributed by atoms with Gasteiger partial charge in [-0.25, -0.2) is 0 Å². The van der Waals surface area contributed by atoms with Crippen molar-refractivity contribution in [2.45, 2.75) is 19.5 Å². The van der Waals surface area contributed by atoms with E-state index in [-0.39, 0.29) is 6.61 Å². The number of halogens is 3. The number of hydrogen-bond acceptors (Lipinski definition) is 3. The predicted octanol–water partition coefficient (Wildman–Crippen LogP) is 2.71. The number of Topliss-reactive ketones (excluding diaryl/α,β-unsaturated/α-hetero) is 1. The maximum absolute atomic E-state index is 12.6. The van der Waals surface area contributed by atoms with E-state index in [1.54, 1.807) is 0 Å². The molecule has 17 heavy (non-hydrogen) atoms. The second kappa shape index (κ2) is 5.77. The van der Waals surface area contributed by atoms with E-state index in [0.717, 1.165) is 18.5 Å². The molecule has 94 valence electrons. The first-order valence-corrected chi connectivity index (χ1v) is 5.09. The van der Waals surface area contributed by atoms with Crippen molar-refractivity contribution in [2.24, 2.45) is 0 Å². The Kier molecular flexibility index (Phi) is 4.62. The van der Waals surface area contributed by atoms with Crippen LogP contribution in [0.3, 0.4) is 0 Å². The molecule has 0 radical (unpaired) electrons. The van der Waals surface area contributed by atoms with Crippen LogP contribution in [-0.4, -0.2) is 24.0 Å². The summed E-state index contributed by atoms with van der Waals surface area (Å²) in [7, 11) is 0. The highest BCUT2D eigenvalue weighted by Crippen LogP contribution is 2.31. The standard InChI is InChI=1S/C11H12F3NO2/c1-2-5-17-7-10(16)8-6-15-4-3-9(8)11(12,13)14/h3-4,6H,2,5,7H2,1H3. The van der Waals surface area contributed by atoms with Crippen LogP contribution in [0.2, 0.25) is 0 Å². The lowest BCUT2D eigenvalue weighted by Gasteiger charge is -2.11. The van der Waals surface area contributed by atoms with Gasteiger partial charge in [-0.05, 0) is 12.5 Å². The summed E-state index contributed by atoms with van der Waals surface area (Å²) >= 11 is 0. The molecule has 0 amide bonds. The second-order valence-corrected chi connectivity index (χ2v) is 3.39. The fourth-order valence-corrected chi connectivity index (χ4v) is 1.25. The Hall–Kier alpha value is -1.43. The highest BCUT2D eigenvalue weighted by molar-refractivity contribution is 5.98. The molecule has 3 nitrogen and oxygen atoms in total. The van der Waals surface area contributed by atoms with Crippen LogP contribution in [-0.2, 0) is 10.9 Å². The lowest BCUT2D eigenvalue weighted by Crippen LogP contribution is -2.17. The van der Waals surface area contributed by atoms with Crippen molar-refractivity contribution < 1.29 is 22.7 Å². The van der Waals surface area contributed by atoms with Gasteiger partial charge in [0.1, 0.15) is 6.61 Å². The van der Waals surface area contributed by atoms with Gasteiger partial charge in [0.15, 0.2) is 5.78 Å². The molecule has 0 aliphatic heterocycles. The Bertz CT molecular complexity index is 391. The third kappa shape index (κ3) is 3.81. The van der Waals surface area contributed by atoms with Gasteiger partial charge in [-0.15, -0.1) is 0 Å². The van der Waals surface area contributed by atoms with Crippen LogP contribution in [0, 0.1) is 0 Å². The van der Waals surface area contributed by atoms with Gasteiger partial charge in [0.05, 0.1) is 11.1 Å². The summed E-state index contributed by atoms with van der Waals surface area (Å²) in [5.41, 5.74) is -1.42. The lowest BCUT2D eigenvalue weighted by atomic mass is 10.1. The molecule has 0 saturated carbocycles. The Morgan fingerprint density at radius 2 is 2.18 bits per heavy atom. The fraction of sp³-hybridized carbons (Fsp3) is 0.455. The quantitative estimate of drug-likeness (QED) is 0.593. The van der Waals surface area contributed by atoms with Gasteiger partial charge in [0, 0.05) is 19.0 Å². The number of hydrogen-bond donors (Lipinski definition) is 0. The van der Waals surface area contributed by atoms with Gasteiger partial charge in [-0.3, -0.25) is 9.78 Å². The molecule has 0 saturated heterocycles. The van der Waals surface area contributed by atoms with Crippen molar-refractivity contribution in [1.82, 2.24) is 4.98 Å². The molecule has 0 bridgehead atoms. The summed E-state index contributed by atoms with van der Waals surface area (Å²) < 4.78 is 42.7. The number of aromatic nitrogens is 1. The van der Waals surface area contributed by atoms with Crippen molar-refractivity contribution in [2.75, 3.05) is 13.2 Å². The van der Waals surface area contributed by atoms with Gasteiger partial charge < -0.3 is 4.74 Å². The number of nitrogens with zero attached hydrogens (tertiary/aromatic N) is 1. The van der Waals surface area contributed by atoms with Crippen molar-refractivity contribution in [3.8, 4) is 0 Å². The summed E-state index contributed by atoms with van der Waals surface area (Å²) in [6.45, 7) is 1.83. The van der Waals surface area contributed by atoms with E-state index < -0.39 is 23.1 Å². The van der Waals surface area contributed by atoms with Gasteiger partial charge in [0.2, 0.25) is 0 Å². The molecule has 0 N–H and O–H groups in total. The van der Waals surface area contributed by atoms with Gasteiger partial charge >= 0.3 is 6.18 Å². The summed E-state index contributed by atoms with van der Waals surface area (Å²) in [6.07, 6.45) is -1.93. The van der Waals surface area contributed by atoms with E-state index in [2.05, 4.69) is 4.98 Å². The Morgan fingerprint density at radius 1 is 1.47 bits per heavy atom. The minimum Gasteiger partial charge on any atom is -0.373 e. The molecule has 1 heterocycles. The smallest absolute Gasteiger partial charge is 0.373 e. The first kappa shape index (κ1) is 13.6. The molecule has 0 atom stereocenters. The molecule has 0 fully saturated rings. The number of ether oxygens (including phenoxy) is 1. The number of alkyl halides is 3. The van der Waals surface area contributed by atoms with Crippen LogP contribution in [0.1, 0.15) is 29.3 Å². The van der Waals surface area contributed by atoms with Crippen molar-refractivity contribution in [3.63, 3.8) is 0 Å². The zero-order valence-corrected chi connectivity index (χ0v) is 9.25. The number of rotatable bonds is 5. The topological polar surface area (TPSA) is 39.2 Å². The molecule has 1 rings (SSSR count). The minimum atomic E-state index is -4.56. The highest BCUT2D eigenvalue weighted by Gasteiger charge is 2.34. The van der Waals surface area contributed by atoms with Crippen molar-refractivity contribution in [1.29, 1.82) is 0 Å². The number of carbonyl (C=O) groups excluding carboxylic acids is 1. The molecule has 0 spiro atoms. The number of carbonyl (C=O) groups is 1. The zero-order chi connectivity index (χ0) is 12.9. The van der Waals surface area contributed by atoms with Crippen molar-refractivity contribution >= 4 is 5.78 Å². The predicted molar refractivity (Wildman–Crippen MR) is 54.7 cm³/mol. The molecular formula is C11H12F3NO2. The summed E-state index contributed by atoms with van der Waals surface area (Å²) in [5, 5.41) is 0. The number of pyridine rings is 1. The Labute approximate surface area is 96.6 Å². The van der Waals surface area contributed by atoms with Crippen LogP contribution in [0.25, 0.3) is 0 Å². The molecule has 1 aromatic rings. The van der Waals surface area contributed by atoms with Gasteiger partial charge in [-0.2, -0.15) is 13.2 Å². The van der Waals surface area contributed by atoms with E-state index in [0.29, 0.717) is 13.0 Å². The molecule has 1 aromatic heterocycles. The van der Waals surface area contributed by atoms with Crippen LogP contribution in [0.5, 0.6) is 0 Å². The maximum atomic E-state index is 12.6. The summed E-state index contributed by atoms with van der Waals surface area (Å²) in [6, 6.07) is 0.785. The average molecular weight is 247 g/mol.